The van der Waals surface area contributed by atoms with Crippen LogP contribution in [0.5, 0.6) is 0 Å². The quantitative estimate of drug-likeness (QED) is 0.358. The maximum absolute atomic E-state index is 11.9. The average molecular weight is 468 g/mol. The van der Waals surface area contributed by atoms with Gasteiger partial charge in [-0.05, 0) is 45.6 Å². The predicted octanol–water partition coefficient (Wildman–Crippen LogP) is 3.65. The van der Waals surface area contributed by atoms with Crippen molar-refractivity contribution in [3.05, 3.63) is 35.9 Å². The fourth-order valence-electron chi connectivity index (χ4n) is 3.30. The van der Waals surface area contributed by atoms with E-state index in [1.165, 1.54) is 0 Å². The average Bonchev–Trinajstić information content (AvgIpc) is 2.68. The highest BCUT2D eigenvalue weighted by Gasteiger charge is 2.28. The minimum atomic E-state index is -1.16. The third-order valence-corrected chi connectivity index (χ3v) is 4.77. The normalized spacial score (nSPS) is 15.5. The molecule has 1 amide bonds. The summed E-state index contributed by atoms with van der Waals surface area (Å²) in [5.74, 6) is -0.972. The Balaban J connectivity index is 2.74. The molecule has 0 aliphatic rings. The number of rotatable bonds is 14. The number of ether oxygens (including phenoxy) is 3. The van der Waals surface area contributed by atoms with Crippen LogP contribution >= 0.6 is 0 Å². The largest absolute Gasteiger partial charge is 0.480 e. The number of carboxylic acid groups (broad SMARTS) is 1. The van der Waals surface area contributed by atoms with Gasteiger partial charge in [-0.3, -0.25) is 0 Å². The van der Waals surface area contributed by atoms with Crippen molar-refractivity contribution in [2.24, 2.45) is 11.8 Å². The Morgan fingerprint density at radius 3 is 2.21 bits per heavy atom. The second-order valence-electron chi connectivity index (χ2n) is 9.78. The summed E-state index contributed by atoms with van der Waals surface area (Å²) < 4.78 is 17.0. The van der Waals surface area contributed by atoms with E-state index in [4.69, 9.17) is 14.2 Å². The number of carboxylic acids is 1. The summed E-state index contributed by atoms with van der Waals surface area (Å²) >= 11 is 0. The van der Waals surface area contributed by atoms with Crippen LogP contribution in [0, 0.1) is 11.8 Å². The van der Waals surface area contributed by atoms with E-state index in [1.54, 1.807) is 27.7 Å². The van der Waals surface area contributed by atoms with E-state index < -0.39 is 35.9 Å². The van der Waals surface area contributed by atoms with Crippen molar-refractivity contribution in [1.29, 1.82) is 0 Å². The molecule has 0 aliphatic carbocycles. The molecule has 0 aliphatic heterocycles. The third kappa shape index (κ3) is 12.6. The number of aliphatic hydroxyl groups is 1. The van der Waals surface area contributed by atoms with Gasteiger partial charge < -0.3 is 29.7 Å². The molecule has 0 bridgehead atoms. The number of carbonyl (C=O) groups is 2. The lowest BCUT2D eigenvalue weighted by molar-refractivity contribution is -0.140. The Bertz CT molecular complexity index is 700. The maximum atomic E-state index is 11.9. The zero-order valence-electron chi connectivity index (χ0n) is 20.7. The monoisotopic (exact) mass is 467 g/mol. The molecular formula is C25H41NO7. The lowest BCUT2D eigenvalue weighted by Crippen LogP contribution is -2.44. The highest BCUT2D eigenvalue weighted by atomic mass is 16.6. The van der Waals surface area contributed by atoms with Crippen molar-refractivity contribution in [3.63, 3.8) is 0 Å². The van der Waals surface area contributed by atoms with E-state index in [0.29, 0.717) is 18.9 Å². The van der Waals surface area contributed by atoms with Crippen LogP contribution in [0.3, 0.4) is 0 Å². The zero-order valence-corrected chi connectivity index (χ0v) is 20.7. The Hall–Kier alpha value is -2.16. The van der Waals surface area contributed by atoms with E-state index in [0.717, 1.165) is 5.56 Å². The van der Waals surface area contributed by atoms with Gasteiger partial charge in [0.15, 0.2) is 0 Å². The zero-order chi connectivity index (χ0) is 25.0. The fraction of sp³-hybridized carbons (Fsp3) is 0.680. The lowest BCUT2D eigenvalue weighted by Gasteiger charge is -2.30. The number of hydrogen-bond acceptors (Lipinski definition) is 6. The van der Waals surface area contributed by atoms with Gasteiger partial charge in [-0.15, -0.1) is 0 Å². The molecular weight excluding hydrogens is 426 g/mol. The van der Waals surface area contributed by atoms with Crippen LogP contribution in [0.25, 0.3) is 0 Å². The third-order valence-electron chi connectivity index (χ3n) is 4.77. The van der Waals surface area contributed by atoms with E-state index >= 15 is 0 Å². The molecule has 188 valence electrons. The number of amides is 1. The molecule has 3 N–H and O–H groups in total. The van der Waals surface area contributed by atoms with Gasteiger partial charge in [0.05, 0.1) is 18.8 Å². The number of aliphatic carboxylic acids is 1. The molecule has 0 spiro atoms. The van der Waals surface area contributed by atoms with Gasteiger partial charge in [0.2, 0.25) is 0 Å². The van der Waals surface area contributed by atoms with Crippen molar-refractivity contribution in [2.75, 3.05) is 19.8 Å². The van der Waals surface area contributed by atoms with Crippen molar-refractivity contribution in [1.82, 2.24) is 5.32 Å². The molecule has 0 heterocycles. The molecule has 0 saturated heterocycles. The second kappa shape index (κ2) is 14.2. The van der Waals surface area contributed by atoms with Crippen LogP contribution in [0.1, 0.15) is 53.5 Å². The molecule has 1 aromatic carbocycles. The number of alkyl carbamates (subject to hydrolysis) is 1. The molecule has 33 heavy (non-hydrogen) atoms. The molecule has 8 heteroatoms. The summed E-state index contributed by atoms with van der Waals surface area (Å²) in [4.78, 5) is 23.5. The van der Waals surface area contributed by atoms with E-state index in [-0.39, 0.29) is 25.6 Å². The number of carbonyl (C=O) groups excluding carboxylic acids is 1. The van der Waals surface area contributed by atoms with Crippen LogP contribution in [0.4, 0.5) is 4.79 Å². The topological polar surface area (TPSA) is 114 Å². The molecule has 0 fully saturated rings. The molecule has 0 radical (unpaired) electrons. The number of aliphatic hydroxyl groups excluding tert-OH is 1. The van der Waals surface area contributed by atoms with Gasteiger partial charge in [0.25, 0.3) is 0 Å². The standard InChI is InChI=1S/C25H41NO7/c1-17(2)15-32-22(18(3)27)20(14-19-10-8-7-9-11-19)16-31-13-12-21(23(28)29)26-24(30)33-25(4,5)6/h7-11,17-18,20-22,27H,12-16H2,1-6H3,(H,26,30)(H,28,29)/t18-,20-,21-,22-/m0/s1. The summed E-state index contributed by atoms with van der Waals surface area (Å²) in [6.07, 6.45) is -1.18. The van der Waals surface area contributed by atoms with Crippen LogP contribution in [0.15, 0.2) is 30.3 Å². The molecule has 0 aromatic heterocycles. The van der Waals surface area contributed by atoms with Gasteiger partial charge in [-0.25, -0.2) is 9.59 Å². The minimum absolute atomic E-state index is 0.0822. The summed E-state index contributed by atoms with van der Waals surface area (Å²) in [5, 5.41) is 22.2. The summed E-state index contributed by atoms with van der Waals surface area (Å²) in [5.41, 5.74) is 0.375. The molecule has 1 aromatic rings. The van der Waals surface area contributed by atoms with E-state index in [9.17, 15) is 19.8 Å². The summed E-state index contributed by atoms with van der Waals surface area (Å²) in [6.45, 7) is 11.8. The van der Waals surface area contributed by atoms with Crippen molar-refractivity contribution < 1.29 is 34.0 Å². The van der Waals surface area contributed by atoms with Gasteiger partial charge in [-0.1, -0.05) is 44.2 Å². The Morgan fingerprint density at radius 1 is 1.06 bits per heavy atom. The number of hydrogen-bond donors (Lipinski definition) is 3. The first-order chi connectivity index (χ1) is 15.4. The Labute approximate surface area is 197 Å². The first-order valence-electron chi connectivity index (χ1n) is 11.5. The van der Waals surface area contributed by atoms with Crippen LogP contribution in [0.2, 0.25) is 0 Å². The van der Waals surface area contributed by atoms with Crippen molar-refractivity contribution in [3.8, 4) is 0 Å². The van der Waals surface area contributed by atoms with Crippen LogP contribution in [-0.4, -0.2) is 65.9 Å². The molecule has 1 rings (SSSR count). The minimum Gasteiger partial charge on any atom is -0.480 e. The number of nitrogens with one attached hydrogen (secondary N) is 1. The predicted molar refractivity (Wildman–Crippen MR) is 126 cm³/mol. The SMILES string of the molecule is CC(C)CO[C@H]([C@H](COCC[C@H](NC(=O)OC(C)(C)C)C(=O)O)Cc1ccccc1)[C@H](C)O. The molecule has 0 unspecified atom stereocenters. The van der Waals surface area contributed by atoms with Gasteiger partial charge in [0.1, 0.15) is 11.6 Å². The fourth-order valence-corrected chi connectivity index (χ4v) is 3.30. The Kier molecular flexibility index (Phi) is 12.4. The molecule has 4 atom stereocenters. The molecule has 8 nitrogen and oxygen atoms in total. The highest BCUT2D eigenvalue weighted by molar-refractivity contribution is 5.79. The van der Waals surface area contributed by atoms with Crippen LogP contribution < -0.4 is 5.32 Å². The van der Waals surface area contributed by atoms with E-state index in [1.807, 2.05) is 44.2 Å². The van der Waals surface area contributed by atoms with Gasteiger partial charge >= 0.3 is 12.1 Å². The van der Waals surface area contributed by atoms with Gasteiger partial charge in [0, 0.05) is 25.6 Å². The van der Waals surface area contributed by atoms with E-state index in [2.05, 4.69) is 5.32 Å². The number of benzene rings is 1. The van der Waals surface area contributed by atoms with Crippen molar-refractivity contribution >= 4 is 12.1 Å². The smallest absolute Gasteiger partial charge is 0.408 e. The second-order valence-corrected chi connectivity index (χ2v) is 9.78. The van der Waals surface area contributed by atoms with Crippen LogP contribution in [-0.2, 0) is 25.4 Å². The first kappa shape index (κ1) is 28.9. The lowest BCUT2D eigenvalue weighted by atomic mass is 9.91. The Morgan fingerprint density at radius 2 is 1.70 bits per heavy atom. The first-order valence-corrected chi connectivity index (χ1v) is 11.5. The summed E-state index contributed by atoms with van der Waals surface area (Å²) in [7, 11) is 0. The highest BCUT2D eigenvalue weighted by Crippen LogP contribution is 2.20. The van der Waals surface area contributed by atoms with Crippen molar-refractivity contribution in [2.45, 2.75) is 78.2 Å². The maximum Gasteiger partial charge on any atom is 0.408 e. The molecule has 0 saturated carbocycles. The van der Waals surface area contributed by atoms with Gasteiger partial charge in [-0.2, -0.15) is 0 Å². The summed E-state index contributed by atoms with van der Waals surface area (Å²) in [6, 6.07) is 8.76.